The molecule has 19 heavy (non-hydrogen) atoms. The summed E-state index contributed by atoms with van der Waals surface area (Å²) in [6.07, 6.45) is 3.52. The molecule has 1 aliphatic rings. The molecular formula is C13H24N2O3S. The van der Waals surface area contributed by atoms with E-state index in [4.69, 9.17) is 5.11 Å². The van der Waals surface area contributed by atoms with Crippen LogP contribution in [0.15, 0.2) is 0 Å². The fraction of sp³-hybridized carbons (Fsp3) is 0.846. The molecule has 5 nitrogen and oxygen atoms in total. The molecule has 2 N–H and O–H groups in total. The van der Waals surface area contributed by atoms with Crippen molar-refractivity contribution in [3.05, 3.63) is 0 Å². The third-order valence-corrected chi connectivity index (χ3v) is 4.81. The van der Waals surface area contributed by atoms with Crippen LogP contribution >= 0.6 is 11.8 Å². The van der Waals surface area contributed by atoms with E-state index in [0.29, 0.717) is 11.7 Å². The molecule has 3 atom stereocenters. The maximum atomic E-state index is 12.0. The Morgan fingerprint density at radius 1 is 1.42 bits per heavy atom. The number of carboxylic acid groups (broad SMARTS) is 1. The molecule has 0 saturated heterocycles. The summed E-state index contributed by atoms with van der Waals surface area (Å²) in [6.45, 7) is 3.91. The largest absolute Gasteiger partial charge is 0.480 e. The van der Waals surface area contributed by atoms with Gasteiger partial charge in [-0.1, -0.05) is 13.8 Å². The third-order valence-electron chi connectivity index (χ3n) is 3.57. The van der Waals surface area contributed by atoms with Gasteiger partial charge in [-0.15, -0.1) is 0 Å². The number of hydrogen-bond donors (Lipinski definition) is 2. The molecular weight excluding hydrogens is 264 g/mol. The molecule has 1 fully saturated rings. The highest BCUT2D eigenvalue weighted by atomic mass is 32.2. The predicted molar refractivity (Wildman–Crippen MR) is 77.6 cm³/mol. The second-order valence-electron chi connectivity index (χ2n) is 4.91. The van der Waals surface area contributed by atoms with E-state index >= 15 is 0 Å². The van der Waals surface area contributed by atoms with Gasteiger partial charge in [-0.25, -0.2) is 9.59 Å². The van der Waals surface area contributed by atoms with E-state index in [-0.39, 0.29) is 12.1 Å². The van der Waals surface area contributed by atoms with Gasteiger partial charge in [-0.2, -0.15) is 11.8 Å². The number of hydrogen-bond acceptors (Lipinski definition) is 3. The fourth-order valence-corrected chi connectivity index (χ4v) is 3.63. The van der Waals surface area contributed by atoms with Crippen molar-refractivity contribution in [2.75, 3.05) is 12.8 Å². The van der Waals surface area contributed by atoms with E-state index in [1.165, 1.54) is 4.90 Å². The van der Waals surface area contributed by atoms with Crippen molar-refractivity contribution in [2.24, 2.45) is 0 Å². The molecule has 6 heteroatoms. The number of rotatable bonds is 6. The Balaban J connectivity index is 2.44. The minimum absolute atomic E-state index is 0.185. The second-order valence-corrected chi connectivity index (χ2v) is 6.49. The van der Waals surface area contributed by atoms with Crippen LogP contribution in [0.4, 0.5) is 4.79 Å². The minimum atomic E-state index is -0.953. The molecule has 2 amide bonds. The van der Waals surface area contributed by atoms with E-state index in [1.54, 1.807) is 14.0 Å². The maximum absolute atomic E-state index is 12.0. The Kier molecular flexibility index (Phi) is 6.48. The lowest BCUT2D eigenvalue weighted by atomic mass is 10.2. The number of likely N-dealkylation sites (N-methyl/N-ethyl adjacent to an activating group) is 1. The lowest BCUT2D eigenvalue weighted by Gasteiger charge is -2.26. The average Bonchev–Trinajstić information content (AvgIpc) is 2.77. The van der Waals surface area contributed by atoms with Crippen LogP contribution in [0.3, 0.4) is 0 Å². The number of thioether (sulfide) groups is 1. The van der Waals surface area contributed by atoms with Crippen molar-refractivity contribution in [3.8, 4) is 0 Å². The SMILES string of the molecule is CCSC1CCC(NC(=O)N(C)C(CC)C(=O)O)C1. The number of carbonyl (C=O) groups is 2. The van der Waals surface area contributed by atoms with Gasteiger partial charge in [0.15, 0.2) is 0 Å². The Morgan fingerprint density at radius 2 is 2.11 bits per heavy atom. The first-order chi connectivity index (χ1) is 8.99. The van der Waals surface area contributed by atoms with Gasteiger partial charge in [0.05, 0.1) is 0 Å². The Morgan fingerprint density at radius 3 is 2.63 bits per heavy atom. The van der Waals surface area contributed by atoms with Crippen molar-refractivity contribution < 1.29 is 14.7 Å². The molecule has 0 spiro atoms. The lowest BCUT2D eigenvalue weighted by molar-refractivity contribution is -0.141. The van der Waals surface area contributed by atoms with Gasteiger partial charge in [-0.3, -0.25) is 0 Å². The van der Waals surface area contributed by atoms with Gasteiger partial charge in [0.2, 0.25) is 0 Å². The summed E-state index contributed by atoms with van der Waals surface area (Å²) < 4.78 is 0. The fourth-order valence-electron chi connectivity index (χ4n) is 2.49. The van der Waals surface area contributed by atoms with Gasteiger partial charge in [0.1, 0.15) is 6.04 Å². The highest BCUT2D eigenvalue weighted by molar-refractivity contribution is 7.99. The topological polar surface area (TPSA) is 69.6 Å². The highest BCUT2D eigenvalue weighted by Crippen LogP contribution is 2.29. The number of carboxylic acids is 1. The first-order valence-corrected chi connectivity index (χ1v) is 7.92. The first-order valence-electron chi connectivity index (χ1n) is 6.87. The molecule has 0 radical (unpaired) electrons. The third kappa shape index (κ3) is 4.60. The van der Waals surface area contributed by atoms with Gasteiger partial charge < -0.3 is 15.3 Å². The molecule has 0 bridgehead atoms. The van der Waals surface area contributed by atoms with Crippen LogP contribution in [0.25, 0.3) is 0 Å². The summed E-state index contributed by atoms with van der Waals surface area (Å²) in [5, 5.41) is 12.6. The van der Waals surface area contributed by atoms with Crippen LogP contribution in [-0.2, 0) is 4.79 Å². The molecule has 1 rings (SSSR count). The number of nitrogens with one attached hydrogen (secondary N) is 1. The number of aliphatic carboxylic acids is 1. The van der Waals surface area contributed by atoms with Crippen molar-refractivity contribution in [2.45, 2.75) is 56.9 Å². The summed E-state index contributed by atoms with van der Waals surface area (Å²) in [7, 11) is 1.55. The summed E-state index contributed by atoms with van der Waals surface area (Å²) in [5.74, 6) is 0.147. The van der Waals surface area contributed by atoms with Crippen LogP contribution in [0.1, 0.15) is 39.5 Å². The zero-order chi connectivity index (χ0) is 14.4. The summed E-state index contributed by atoms with van der Waals surface area (Å²) in [6, 6.07) is -0.839. The summed E-state index contributed by atoms with van der Waals surface area (Å²) in [5.41, 5.74) is 0. The predicted octanol–water partition coefficient (Wildman–Crippen LogP) is 2.17. The molecule has 0 aromatic heterocycles. The van der Waals surface area contributed by atoms with Gasteiger partial charge in [0.25, 0.3) is 0 Å². The van der Waals surface area contributed by atoms with Gasteiger partial charge in [-0.05, 0) is 31.4 Å². The lowest BCUT2D eigenvalue weighted by Crippen LogP contribution is -2.49. The molecule has 3 unspecified atom stereocenters. The van der Waals surface area contributed by atoms with Crippen LogP contribution < -0.4 is 5.32 Å². The number of urea groups is 1. The van der Waals surface area contributed by atoms with Crippen LogP contribution in [0, 0.1) is 0 Å². The van der Waals surface area contributed by atoms with E-state index in [1.807, 2.05) is 11.8 Å². The molecule has 0 aromatic carbocycles. The van der Waals surface area contributed by atoms with Crippen molar-refractivity contribution in [1.29, 1.82) is 0 Å². The number of nitrogens with zero attached hydrogens (tertiary/aromatic N) is 1. The van der Waals surface area contributed by atoms with E-state index in [0.717, 1.165) is 25.0 Å². The zero-order valence-electron chi connectivity index (χ0n) is 11.9. The van der Waals surface area contributed by atoms with E-state index in [2.05, 4.69) is 12.2 Å². The molecule has 110 valence electrons. The van der Waals surface area contributed by atoms with Crippen molar-refractivity contribution in [3.63, 3.8) is 0 Å². The van der Waals surface area contributed by atoms with Crippen molar-refractivity contribution in [1.82, 2.24) is 10.2 Å². The average molecular weight is 288 g/mol. The first kappa shape index (κ1) is 16.1. The normalized spacial score (nSPS) is 23.9. The smallest absolute Gasteiger partial charge is 0.326 e. The van der Waals surface area contributed by atoms with Crippen LogP contribution in [0.5, 0.6) is 0 Å². The van der Waals surface area contributed by atoms with Crippen LogP contribution in [-0.4, -0.2) is 52.1 Å². The standard InChI is InChI=1S/C13H24N2O3S/c1-4-11(12(16)17)15(3)13(18)14-9-6-7-10(8-9)19-5-2/h9-11H,4-8H2,1-3H3,(H,14,18)(H,16,17). The monoisotopic (exact) mass is 288 g/mol. The Bertz CT molecular complexity index is 325. The Hall–Kier alpha value is -0.910. The van der Waals surface area contributed by atoms with Crippen LogP contribution in [0.2, 0.25) is 0 Å². The highest BCUT2D eigenvalue weighted by Gasteiger charge is 2.29. The summed E-state index contributed by atoms with van der Waals surface area (Å²) in [4.78, 5) is 24.3. The van der Waals surface area contributed by atoms with E-state index < -0.39 is 12.0 Å². The summed E-state index contributed by atoms with van der Waals surface area (Å²) >= 11 is 1.93. The maximum Gasteiger partial charge on any atom is 0.326 e. The molecule has 1 aliphatic carbocycles. The molecule has 0 aliphatic heterocycles. The zero-order valence-corrected chi connectivity index (χ0v) is 12.7. The number of carbonyl (C=O) groups excluding carboxylic acids is 1. The quantitative estimate of drug-likeness (QED) is 0.786. The molecule has 0 aromatic rings. The minimum Gasteiger partial charge on any atom is -0.480 e. The van der Waals surface area contributed by atoms with E-state index in [9.17, 15) is 9.59 Å². The number of amides is 2. The second kappa shape index (κ2) is 7.62. The van der Waals surface area contributed by atoms with Crippen molar-refractivity contribution >= 4 is 23.8 Å². The molecule has 1 saturated carbocycles. The molecule has 0 heterocycles. The Labute approximate surface area is 119 Å². The van der Waals surface area contributed by atoms with Gasteiger partial charge >= 0.3 is 12.0 Å². The van der Waals surface area contributed by atoms with Gasteiger partial charge in [0, 0.05) is 18.3 Å².